The predicted octanol–water partition coefficient (Wildman–Crippen LogP) is 2.70. The Labute approximate surface area is 121 Å². The second-order valence-electron chi connectivity index (χ2n) is 4.40. The fourth-order valence-electron chi connectivity index (χ4n) is 2.01. The molecule has 20 heavy (non-hydrogen) atoms. The number of fused-ring (bicyclic) bond motifs is 1. The highest BCUT2D eigenvalue weighted by molar-refractivity contribution is 7.98. The van der Waals surface area contributed by atoms with Gasteiger partial charge in [-0.05, 0) is 11.8 Å². The van der Waals surface area contributed by atoms with Crippen molar-refractivity contribution in [2.75, 3.05) is 11.6 Å². The van der Waals surface area contributed by atoms with E-state index in [1.807, 2.05) is 31.5 Å². The van der Waals surface area contributed by atoms with Gasteiger partial charge in [0.05, 0.1) is 11.6 Å². The molecule has 0 aliphatic rings. The number of nitrogens with zero attached hydrogens (tertiary/aromatic N) is 4. The van der Waals surface area contributed by atoms with Gasteiger partial charge in [-0.2, -0.15) is 5.10 Å². The summed E-state index contributed by atoms with van der Waals surface area (Å²) in [5, 5.41) is 9.32. The van der Waals surface area contributed by atoms with Gasteiger partial charge in [-0.15, -0.1) is 0 Å². The first-order valence-corrected chi connectivity index (χ1v) is 7.52. The molecule has 0 bridgehead atoms. The van der Waals surface area contributed by atoms with Gasteiger partial charge in [0.25, 0.3) is 0 Å². The summed E-state index contributed by atoms with van der Waals surface area (Å²) in [6.07, 6.45) is 3.77. The first kappa shape index (κ1) is 12.9. The van der Waals surface area contributed by atoms with Crippen molar-refractivity contribution in [3.8, 4) is 0 Å². The van der Waals surface area contributed by atoms with Crippen LogP contribution < -0.4 is 5.32 Å². The number of hydrogen-bond donors (Lipinski definition) is 1. The van der Waals surface area contributed by atoms with Crippen LogP contribution in [0.15, 0.2) is 41.7 Å². The number of thioether (sulfide) groups is 1. The largest absolute Gasteiger partial charge is 0.365 e. The molecule has 0 aliphatic heterocycles. The summed E-state index contributed by atoms with van der Waals surface area (Å²) < 4.78 is 1.77. The summed E-state index contributed by atoms with van der Waals surface area (Å²) >= 11 is 1.53. The van der Waals surface area contributed by atoms with Gasteiger partial charge >= 0.3 is 0 Å². The minimum absolute atomic E-state index is 0.732. The van der Waals surface area contributed by atoms with E-state index < -0.39 is 0 Å². The van der Waals surface area contributed by atoms with Crippen LogP contribution >= 0.6 is 11.8 Å². The van der Waals surface area contributed by atoms with Crippen LogP contribution in [0.3, 0.4) is 0 Å². The lowest BCUT2D eigenvalue weighted by atomic mass is 10.2. The van der Waals surface area contributed by atoms with Crippen LogP contribution in [0.4, 0.5) is 5.82 Å². The van der Waals surface area contributed by atoms with Crippen molar-refractivity contribution < 1.29 is 0 Å². The van der Waals surface area contributed by atoms with E-state index in [-0.39, 0.29) is 0 Å². The van der Waals surface area contributed by atoms with Crippen molar-refractivity contribution in [3.05, 3.63) is 42.1 Å². The minimum atomic E-state index is 0.732. The molecule has 1 aromatic carbocycles. The summed E-state index contributed by atoms with van der Waals surface area (Å²) in [5.41, 5.74) is 2.06. The van der Waals surface area contributed by atoms with E-state index in [0.29, 0.717) is 0 Å². The second kappa shape index (κ2) is 5.50. The molecule has 102 valence electrons. The molecule has 2 heterocycles. The Hall–Kier alpha value is -2.08. The summed E-state index contributed by atoms with van der Waals surface area (Å²) in [5.74, 6) is 0.830. The number of benzene rings is 1. The second-order valence-corrected chi connectivity index (χ2v) is 5.18. The van der Waals surface area contributed by atoms with Crippen LogP contribution in [-0.2, 0) is 13.6 Å². The Kier molecular flexibility index (Phi) is 3.56. The van der Waals surface area contributed by atoms with Gasteiger partial charge in [0.1, 0.15) is 5.82 Å². The lowest BCUT2D eigenvalue weighted by molar-refractivity contribution is 0.777. The molecule has 0 unspecified atom stereocenters. The molecule has 0 amide bonds. The van der Waals surface area contributed by atoms with E-state index in [9.17, 15) is 0 Å². The predicted molar refractivity (Wildman–Crippen MR) is 81.9 cm³/mol. The molecule has 0 saturated carbocycles. The molecule has 0 aliphatic carbocycles. The first-order valence-electron chi connectivity index (χ1n) is 6.29. The van der Waals surface area contributed by atoms with Gasteiger partial charge in [-0.25, -0.2) is 9.97 Å². The zero-order chi connectivity index (χ0) is 13.9. The highest BCUT2D eigenvalue weighted by atomic mass is 32.2. The van der Waals surface area contributed by atoms with Crippen LogP contribution in [0.2, 0.25) is 0 Å². The molecule has 3 aromatic rings. The fraction of sp³-hybridized carbons (Fsp3) is 0.214. The number of aryl methyl sites for hydroxylation is 1. The maximum atomic E-state index is 4.54. The van der Waals surface area contributed by atoms with Gasteiger partial charge in [0.15, 0.2) is 10.8 Å². The molecule has 1 N–H and O–H groups in total. The van der Waals surface area contributed by atoms with Gasteiger partial charge in [-0.3, -0.25) is 4.68 Å². The first-order chi connectivity index (χ1) is 9.78. The van der Waals surface area contributed by atoms with Crippen LogP contribution in [0.5, 0.6) is 0 Å². The van der Waals surface area contributed by atoms with Gasteiger partial charge in [-0.1, -0.05) is 42.1 Å². The SMILES string of the molecule is CSc1nc(NCc2ccccc2)c2cnn(C)c2n1. The van der Waals surface area contributed by atoms with Crippen molar-refractivity contribution in [1.29, 1.82) is 0 Å². The third kappa shape index (κ3) is 2.46. The van der Waals surface area contributed by atoms with Gasteiger partial charge < -0.3 is 5.32 Å². The number of anilines is 1. The lowest BCUT2D eigenvalue weighted by Crippen LogP contribution is -2.04. The maximum Gasteiger partial charge on any atom is 0.191 e. The monoisotopic (exact) mass is 285 g/mol. The molecule has 0 fully saturated rings. The summed E-state index contributed by atoms with van der Waals surface area (Å²) in [7, 11) is 1.89. The van der Waals surface area contributed by atoms with E-state index >= 15 is 0 Å². The van der Waals surface area contributed by atoms with Crippen LogP contribution in [0.25, 0.3) is 11.0 Å². The number of hydrogen-bond acceptors (Lipinski definition) is 5. The van der Waals surface area contributed by atoms with Gasteiger partial charge in [0.2, 0.25) is 0 Å². The van der Waals surface area contributed by atoms with Crippen molar-refractivity contribution in [2.24, 2.45) is 7.05 Å². The molecule has 0 radical (unpaired) electrons. The number of rotatable bonds is 4. The van der Waals surface area contributed by atoms with Crippen LogP contribution in [0.1, 0.15) is 5.56 Å². The normalized spacial score (nSPS) is 10.9. The van der Waals surface area contributed by atoms with Crippen molar-refractivity contribution in [3.63, 3.8) is 0 Å². The van der Waals surface area contributed by atoms with Crippen molar-refractivity contribution in [2.45, 2.75) is 11.7 Å². The Morgan fingerprint density at radius 3 is 2.75 bits per heavy atom. The van der Waals surface area contributed by atoms with E-state index in [0.717, 1.165) is 28.6 Å². The zero-order valence-corrected chi connectivity index (χ0v) is 12.2. The van der Waals surface area contributed by atoms with Crippen LogP contribution in [0, 0.1) is 0 Å². The molecule has 0 saturated heterocycles. The lowest BCUT2D eigenvalue weighted by Gasteiger charge is -2.08. The highest BCUT2D eigenvalue weighted by Crippen LogP contribution is 2.23. The third-order valence-corrected chi connectivity index (χ3v) is 3.60. The summed E-state index contributed by atoms with van der Waals surface area (Å²) in [6.45, 7) is 0.732. The van der Waals surface area contributed by atoms with Crippen molar-refractivity contribution >= 4 is 28.6 Å². The molecule has 2 aromatic heterocycles. The molecule has 6 heteroatoms. The van der Waals surface area contributed by atoms with E-state index in [1.54, 1.807) is 10.9 Å². The Balaban J connectivity index is 1.94. The summed E-state index contributed by atoms with van der Waals surface area (Å²) in [6, 6.07) is 10.3. The Morgan fingerprint density at radius 2 is 2.00 bits per heavy atom. The van der Waals surface area contributed by atoms with Crippen LogP contribution in [-0.4, -0.2) is 26.0 Å². The molecular formula is C14H15N5S. The van der Waals surface area contributed by atoms with Crippen molar-refractivity contribution in [1.82, 2.24) is 19.7 Å². The summed E-state index contributed by atoms with van der Waals surface area (Å²) in [4.78, 5) is 9.02. The standard InChI is InChI=1S/C14H15N5S/c1-19-13-11(9-16-19)12(17-14(18-13)20-2)15-8-10-6-4-3-5-7-10/h3-7,9H,8H2,1-2H3,(H,15,17,18). The molecular weight excluding hydrogens is 270 g/mol. The average Bonchev–Trinajstić information content (AvgIpc) is 2.87. The number of nitrogens with one attached hydrogen (secondary N) is 1. The smallest absolute Gasteiger partial charge is 0.191 e. The fourth-order valence-corrected chi connectivity index (χ4v) is 2.37. The molecule has 0 atom stereocenters. The van der Waals surface area contributed by atoms with Gasteiger partial charge in [0, 0.05) is 13.6 Å². The van der Waals surface area contributed by atoms with E-state index in [4.69, 9.17) is 0 Å². The molecule has 5 nitrogen and oxygen atoms in total. The zero-order valence-electron chi connectivity index (χ0n) is 11.4. The molecule has 3 rings (SSSR count). The highest BCUT2D eigenvalue weighted by Gasteiger charge is 2.10. The minimum Gasteiger partial charge on any atom is -0.365 e. The maximum absolute atomic E-state index is 4.54. The Morgan fingerprint density at radius 1 is 1.20 bits per heavy atom. The number of aromatic nitrogens is 4. The molecule has 0 spiro atoms. The quantitative estimate of drug-likeness (QED) is 0.590. The third-order valence-electron chi connectivity index (χ3n) is 3.06. The topological polar surface area (TPSA) is 55.6 Å². The average molecular weight is 285 g/mol. The van der Waals surface area contributed by atoms with E-state index in [1.165, 1.54) is 17.3 Å². The Bertz CT molecular complexity index is 723. The van der Waals surface area contributed by atoms with E-state index in [2.05, 4.69) is 32.5 Å².